The van der Waals surface area contributed by atoms with E-state index in [9.17, 15) is 4.79 Å². The minimum absolute atomic E-state index is 0.214. The van der Waals surface area contributed by atoms with Crippen molar-refractivity contribution in [3.63, 3.8) is 0 Å². The quantitative estimate of drug-likeness (QED) is 0.816. The molecule has 3 nitrogen and oxygen atoms in total. The maximum atomic E-state index is 10.8. The van der Waals surface area contributed by atoms with Gasteiger partial charge in [0.1, 0.15) is 5.78 Å². The lowest BCUT2D eigenvalue weighted by atomic mass is 10.2. The Bertz CT molecular complexity index is 331. The van der Waals surface area contributed by atoms with Crippen LogP contribution in [0.4, 0.5) is 0 Å². The fourth-order valence-electron chi connectivity index (χ4n) is 1.25. The Morgan fingerprint density at radius 1 is 1.62 bits per heavy atom. The molecule has 72 valence electrons. The first kappa shape index (κ1) is 10.4. The summed E-state index contributed by atoms with van der Waals surface area (Å²) in [6.07, 6.45) is 1.34. The summed E-state index contributed by atoms with van der Waals surface area (Å²) < 4.78 is 2.85. The molecule has 0 aliphatic rings. The van der Waals surface area contributed by atoms with Gasteiger partial charge in [-0.15, -0.1) is 0 Å². The Morgan fingerprint density at radius 3 is 2.62 bits per heavy atom. The molecule has 1 rings (SSSR count). The van der Waals surface area contributed by atoms with E-state index in [1.54, 1.807) is 6.92 Å². The normalized spacial score (nSPS) is 10.5. The molecular weight excluding hydrogens is 232 g/mol. The molecule has 1 aromatic heterocycles. The van der Waals surface area contributed by atoms with Crippen LogP contribution >= 0.6 is 15.9 Å². The van der Waals surface area contributed by atoms with Crippen molar-refractivity contribution in [1.82, 2.24) is 9.78 Å². The van der Waals surface area contributed by atoms with Crippen molar-refractivity contribution in [2.45, 2.75) is 26.7 Å². The van der Waals surface area contributed by atoms with Crippen molar-refractivity contribution < 1.29 is 4.79 Å². The van der Waals surface area contributed by atoms with Crippen LogP contribution < -0.4 is 0 Å². The predicted octanol–water partition coefficient (Wildman–Crippen LogP) is 2.01. The third kappa shape index (κ3) is 2.40. The highest BCUT2D eigenvalue weighted by atomic mass is 79.9. The van der Waals surface area contributed by atoms with Gasteiger partial charge in [0.15, 0.2) is 0 Å². The van der Waals surface area contributed by atoms with Gasteiger partial charge in [-0.1, -0.05) is 0 Å². The Labute approximate surface area is 86.3 Å². The van der Waals surface area contributed by atoms with Crippen molar-refractivity contribution in [2.24, 2.45) is 7.05 Å². The highest BCUT2D eigenvalue weighted by Gasteiger charge is 2.10. The van der Waals surface area contributed by atoms with Gasteiger partial charge in [0.25, 0.3) is 0 Å². The van der Waals surface area contributed by atoms with Crippen LogP contribution in [0.5, 0.6) is 0 Å². The third-order valence-electron chi connectivity index (χ3n) is 1.98. The summed E-state index contributed by atoms with van der Waals surface area (Å²) in [5.41, 5.74) is 2.06. The maximum Gasteiger partial charge on any atom is 0.130 e. The summed E-state index contributed by atoms with van der Waals surface area (Å²) >= 11 is 3.46. The minimum atomic E-state index is 0.214. The molecule has 0 radical (unpaired) electrons. The molecular formula is C9H13BrN2O. The van der Waals surface area contributed by atoms with E-state index in [2.05, 4.69) is 21.0 Å². The summed E-state index contributed by atoms with van der Waals surface area (Å²) in [6, 6.07) is 0. The summed E-state index contributed by atoms with van der Waals surface area (Å²) in [5.74, 6) is 0.214. The number of Topliss-reactive ketones (excluding diaryl/α,β-unsaturated/α-hetero) is 1. The molecule has 0 atom stereocenters. The van der Waals surface area contributed by atoms with E-state index in [-0.39, 0.29) is 5.78 Å². The fourth-order valence-corrected chi connectivity index (χ4v) is 1.78. The van der Waals surface area contributed by atoms with Gasteiger partial charge in [0.05, 0.1) is 15.9 Å². The second kappa shape index (κ2) is 4.05. The highest BCUT2D eigenvalue weighted by Crippen LogP contribution is 2.21. The van der Waals surface area contributed by atoms with Crippen molar-refractivity contribution >= 4 is 21.7 Å². The van der Waals surface area contributed by atoms with Crippen LogP contribution in [0.3, 0.4) is 0 Å². The van der Waals surface area contributed by atoms with Crippen molar-refractivity contribution in [1.29, 1.82) is 0 Å². The largest absolute Gasteiger partial charge is 0.300 e. The first-order valence-corrected chi connectivity index (χ1v) is 4.99. The van der Waals surface area contributed by atoms with Crippen LogP contribution in [-0.2, 0) is 18.3 Å². The number of aromatic nitrogens is 2. The van der Waals surface area contributed by atoms with E-state index in [4.69, 9.17) is 0 Å². The average Bonchev–Trinajstić information content (AvgIpc) is 2.24. The maximum absolute atomic E-state index is 10.8. The van der Waals surface area contributed by atoms with E-state index in [1.807, 2.05) is 18.7 Å². The Morgan fingerprint density at radius 2 is 2.23 bits per heavy atom. The molecule has 0 amide bonds. The number of carbonyl (C=O) groups is 1. The van der Waals surface area contributed by atoms with Crippen LogP contribution in [0.25, 0.3) is 0 Å². The first-order valence-electron chi connectivity index (χ1n) is 4.19. The van der Waals surface area contributed by atoms with Crippen LogP contribution in [0.15, 0.2) is 4.47 Å². The molecule has 0 N–H and O–H groups in total. The van der Waals surface area contributed by atoms with Crippen molar-refractivity contribution in [2.75, 3.05) is 0 Å². The SMILES string of the molecule is CC(=O)CCc1c(Br)c(C)nn1C. The summed E-state index contributed by atoms with van der Waals surface area (Å²) in [4.78, 5) is 10.8. The van der Waals surface area contributed by atoms with Gasteiger partial charge in [0.2, 0.25) is 0 Å². The van der Waals surface area contributed by atoms with E-state index >= 15 is 0 Å². The first-order chi connectivity index (χ1) is 6.02. The van der Waals surface area contributed by atoms with Crippen molar-refractivity contribution in [3.05, 3.63) is 15.9 Å². The smallest absolute Gasteiger partial charge is 0.130 e. The second-order valence-electron chi connectivity index (χ2n) is 3.17. The van der Waals surface area contributed by atoms with E-state index in [1.165, 1.54) is 0 Å². The Balaban J connectivity index is 2.81. The van der Waals surface area contributed by atoms with E-state index in [0.717, 1.165) is 22.3 Å². The molecule has 0 aliphatic carbocycles. The van der Waals surface area contributed by atoms with E-state index in [0.29, 0.717) is 6.42 Å². The highest BCUT2D eigenvalue weighted by molar-refractivity contribution is 9.10. The third-order valence-corrected chi connectivity index (χ3v) is 3.01. The van der Waals surface area contributed by atoms with Gasteiger partial charge in [0, 0.05) is 13.5 Å². The number of hydrogen-bond acceptors (Lipinski definition) is 2. The zero-order chi connectivity index (χ0) is 10.0. The molecule has 0 bridgehead atoms. The molecule has 0 saturated heterocycles. The van der Waals surface area contributed by atoms with E-state index < -0.39 is 0 Å². The molecule has 0 fully saturated rings. The van der Waals surface area contributed by atoms with Gasteiger partial charge in [-0.25, -0.2) is 0 Å². The van der Waals surface area contributed by atoms with Gasteiger partial charge < -0.3 is 4.79 Å². The van der Waals surface area contributed by atoms with Crippen LogP contribution in [0.2, 0.25) is 0 Å². The number of ketones is 1. The number of aryl methyl sites for hydroxylation is 2. The predicted molar refractivity (Wildman–Crippen MR) is 54.6 cm³/mol. The molecule has 4 heteroatoms. The molecule has 0 aliphatic heterocycles. The zero-order valence-corrected chi connectivity index (χ0v) is 9.68. The number of rotatable bonds is 3. The summed E-state index contributed by atoms with van der Waals surface area (Å²) in [7, 11) is 1.90. The number of carbonyl (C=O) groups excluding carboxylic acids is 1. The second-order valence-corrected chi connectivity index (χ2v) is 3.96. The van der Waals surface area contributed by atoms with Crippen LogP contribution in [0, 0.1) is 6.92 Å². The number of nitrogens with zero attached hydrogens (tertiary/aromatic N) is 2. The number of hydrogen-bond donors (Lipinski definition) is 0. The van der Waals surface area contributed by atoms with Crippen LogP contribution in [0.1, 0.15) is 24.7 Å². The van der Waals surface area contributed by atoms with Gasteiger partial charge in [-0.05, 0) is 36.2 Å². The lowest BCUT2D eigenvalue weighted by Crippen LogP contribution is -2.01. The van der Waals surface area contributed by atoms with Gasteiger partial charge in [-0.2, -0.15) is 5.10 Å². The molecule has 1 heterocycles. The molecule has 1 aromatic rings. The molecule has 0 aromatic carbocycles. The fraction of sp³-hybridized carbons (Fsp3) is 0.556. The lowest BCUT2D eigenvalue weighted by molar-refractivity contribution is -0.117. The number of halogens is 1. The van der Waals surface area contributed by atoms with Crippen molar-refractivity contribution in [3.8, 4) is 0 Å². The summed E-state index contributed by atoms with van der Waals surface area (Å²) in [6.45, 7) is 3.55. The molecule has 13 heavy (non-hydrogen) atoms. The van der Waals surface area contributed by atoms with Crippen LogP contribution in [-0.4, -0.2) is 15.6 Å². The van der Waals surface area contributed by atoms with Gasteiger partial charge in [-0.3, -0.25) is 4.68 Å². The minimum Gasteiger partial charge on any atom is -0.300 e. The zero-order valence-electron chi connectivity index (χ0n) is 8.09. The molecule has 0 spiro atoms. The average molecular weight is 245 g/mol. The Hall–Kier alpha value is -0.640. The summed E-state index contributed by atoms with van der Waals surface area (Å²) in [5, 5.41) is 4.25. The standard InChI is InChI=1S/C9H13BrN2O/c1-6(13)4-5-8-9(10)7(2)11-12(8)3/h4-5H2,1-3H3. The molecule has 0 unspecified atom stereocenters. The molecule has 0 saturated carbocycles. The Kier molecular flexibility index (Phi) is 3.25. The monoisotopic (exact) mass is 244 g/mol. The lowest BCUT2D eigenvalue weighted by Gasteiger charge is -2.00. The topological polar surface area (TPSA) is 34.9 Å². The van der Waals surface area contributed by atoms with Gasteiger partial charge >= 0.3 is 0 Å².